The van der Waals surface area contributed by atoms with Crippen molar-refractivity contribution in [3.63, 3.8) is 0 Å². The molecule has 0 unspecified atom stereocenters. The van der Waals surface area contributed by atoms with Crippen LogP contribution in [0.3, 0.4) is 0 Å². The van der Waals surface area contributed by atoms with Gasteiger partial charge in [0, 0.05) is 13.1 Å². The Balaban J connectivity index is 1.76. The van der Waals surface area contributed by atoms with Crippen LogP contribution in [0.4, 0.5) is 11.9 Å². The van der Waals surface area contributed by atoms with Crippen molar-refractivity contribution < 1.29 is 0 Å². The molecule has 2 heterocycles. The molecule has 1 saturated heterocycles. The van der Waals surface area contributed by atoms with E-state index in [-0.39, 0.29) is 0 Å². The third kappa shape index (κ3) is 2.76. The largest absolute Gasteiger partial charge is 0.368 e. The minimum Gasteiger partial charge on any atom is -0.368 e. The van der Waals surface area contributed by atoms with Crippen molar-refractivity contribution in [2.75, 3.05) is 23.7 Å². The molecule has 106 valence electrons. The van der Waals surface area contributed by atoms with Crippen LogP contribution in [0.5, 0.6) is 0 Å². The number of benzene rings is 1. The van der Waals surface area contributed by atoms with E-state index >= 15 is 0 Å². The van der Waals surface area contributed by atoms with Gasteiger partial charge in [0.25, 0.3) is 0 Å². The number of hydrogen-bond donors (Lipinski definition) is 1. The van der Waals surface area contributed by atoms with E-state index in [0.29, 0.717) is 12.5 Å². The highest BCUT2D eigenvalue weighted by Crippen LogP contribution is 2.18. The van der Waals surface area contributed by atoms with E-state index in [1.165, 1.54) is 30.4 Å². The zero-order chi connectivity index (χ0) is 13.9. The van der Waals surface area contributed by atoms with E-state index in [4.69, 9.17) is 5.73 Å². The second-order valence-electron chi connectivity index (χ2n) is 5.46. The Morgan fingerprint density at radius 2 is 1.80 bits per heavy atom. The molecule has 2 aromatic rings. The molecule has 1 aromatic heterocycles. The van der Waals surface area contributed by atoms with Gasteiger partial charge in [-0.1, -0.05) is 29.8 Å². The van der Waals surface area contributed by atoms with E-state index in [9.17, 15) is 0 Å². The normalized spacial score (nSPS) is 15.6. The molecular formula is C15H21N5. The van der Waals surface area contributed by atoms with Crippen LogP contribution in [-0.4, -0.2) is 27.9 Å². The van der Waals surface area contributed by atoms with Crippen LogP contribution in [-0.2, 0) is 6.54 Å². The first-order chi connectivity index (χ1) is 9.72. The summed E-state index contributed by atoms with van der Waals surface area (Å²) >= 11 is 0. The maximum atomic E-state index is 5.99. The van der Waals surface area contributed by atoms with Crippen molar-refractivity contribution in [2.24, 2.45) is 0 Å². The molecule has 1 aliphatic heterocycles. The molecule has 1 aliphatic rings. The van der Waals surface area contributed by atoms with E-state index in [1.807, 2.05) is 0 Å². The number of aromatic nitrogens is 3. The third-order valence-corrected chi connectivity index (χ3v) is 3.78. The summed E-state index contributed by atoms with van der Waals surface area (Å²) in [5, 5.41) is 4.56. The zero-order valence-corrected chi connectivity index (χ0v) is 11.9. The summed E-state index contributed by atoms with van der Waals surface area (Å²) in [4.78, 5) is 6.63. The fourth-order valence-corrected chi connectivity index (χ4v) is 2.55. The number of rotatable bonds is 3. The molecule has 0 bridgehead atoms. The molecule has 0 aliphatic carbocycles. The number of piperidine rings is 1. The van der Waals surface area contributed by atoms with E-state index < -0.39 is 0 Å². The Kier molecular flexibility index (Phi) is 3.58. The first-order valence-corrected chi connectivity index (χ1v) is 7.23. The Morgan fingerprint density at radius 3 is 2.50 bits per heavy atom. The van der Waals surface area contributed by atoms with Gasteiger partial charge in [0.15, 0.2) is 0 Å². The topological polar surface area (TPSA) is 60.0 Å². The van der Waals surface area contributed by atoms with E-state index in [2.05, 4.69) is 46.2 Å². The van der Waals surface area contributed by atoms with Crippen molar-refractivity contribution in [3.8, 4) is 0 Å². The van der Waals surface area contributed by atoms with Gasteiger partial charge in [-0.05, 0) is 31.7 Å². The molecule has 1 fully saturated rings. The molecule has 1 aromatic carbocycles. The lowest BCUT2D eigenvalue weighted by Crippen LogP contribution is -2.30. The number of nitrogens with two attached hydrogens (primary N) is 1. The monoisotopic (exact) mass is 271 g/mol. The highest BCUT2D eigenvalue weighted by molar-refractivity contribution is 5.36. The van der Waals surface area contributed by atoms with Gasteiger partial charge in [0.2, 0.25) is 11.9 Å². The molecule has 20 heavy (non-hydrogen) atoms. The number of hydrogen-bond acceptors (Lipinski definition) is 4. The summed E-state index contributed by atoms with van der Waals surface area (Å²) in [5.74, 6) is 1.26. The number of anilines is 2. The van der Waals surface area contributed by atoms with Crippen LogP contribution in [0.15, 0.2) is 24.3 Å². The second kappa shape index (κ2) is 5.53. The van der Waals surface area contributed by atoms with Gasteiger partial charge in [0.1, 0.15) is 0 Å². The Hall–Kier alpha value is -2.04. The van der Waals surface area contributed by atoms with Gasteiger partial charge in [-0.2, -0.15) is 4.98 Å². The average Bonchev–Trinajstić information content (AvgIpc) is 2.84. The summed E-state index contributed by atoms with van der Waals surface area (Å²) in [6.07, 6.45) is 3.73. The van der Waals surface area contributed by atoms with Gasteiger partial charge in [-0.3, -0.25) is 0 Å². The lowest BCUT2D eigenvalue weighted by Gasteiger charge is -2.24. The minimum absolute atomic E-state index is 0.492. The van der Waals surface area contributed by atoms with Crippen LogP contribution < -0.4 is 10.6 Å². The molecule has 3 rings (SSSR count). The van der Waals surface area contributed by atoms with Gasteiger partial charge in [0.05, 0.1) is 6.54 Å². The molecule has 2 N–H and O–H groups in total. The molecule has 0 saturated carbocycles. The van der Waals surface area contributed by atoms with Crippen LogP contribution in [0, 0.1) is 6.92 Å². The van der Waals surface area contributed by atoms with Crippen molar-refractivity contribution in [1.82, 2.24) is 14.8 Å². The summed E-state index contributed by atoms with van der Waals surface area (Å²) in [5.41, 5.74) is 8.44. The highest BCUT2D eigenvalue weighted by Gasteiger charge is 2.16. The average molecular weight is 271 g/mol. The van der Waals surface area contributed by atoms with Gasteiger partial charge in [-0.15, -0.1) is 5.10 Å². The SMILES string of the molecule is Cc1ccc(Cn2nc(N3CCCCC3)nc2N)cc1. The van der Waals surface area contributed by atoms with Crippen LogP contribution >= 0.6 is 0 Å². The third-order valence-electron chi connectivity index (χ3n) is 3.78. The fourth-order valence-electron chi connectivity index (χ4n) is 2.55. The lowest BCUT2D eigenvalue weighted by molar-refractivity contribution is 0.564. The maximum absolute atomic E-state index is 5.99. The van der Waals surface area contributed by atoms with E-state index in [0.717, 1.165) is 19.0 Å². The predicted molar refractivity (Wildman–Crippen MR) is 80.8 cm³/mol. The van der Waals surface area contributed by atoms with Gasteiger partial charge in [-0.25, -0.2) is 4.68 Å². The molecule has 0 amide bonds. The molecule has 0 atom stereocenters. The standard InChI is InChI=1S/C15H21N5/c1-12-5-7-13(8-6-12)11-20-14(16)17-15(18-20)19-9-3-2-4-10-19/h5-8H,2-4,9-11H2,1H3,(H2,16,17,18). The minimum atomic E-state index is 0.492. The van der Waals surface area contributed by atoms with Crippen molar-refractivity contribution >= 4 is 11.9 Å². The summed E-state index contributed by atoms with van der Waals surface area (Å²) < 4.78 is 1.79. The van der Waals surface area contributed by atoms with Crippen molar-refractivity contribution in [3.05, 3.63) is 35.4 Å². The van der Waals surface area contributed by atoms with Crippen LogP contribution in [0.1, 0.15) is 30.4 Å². The molecule has 5 nitrogen and oxygen atoms in total. The summed E-state index contributed by atoms with van der Waals surface area (Å²) in [7, 11) is 0. The lowest BCUT2D eigenvalue weighted by atomic mass is 10.1. The van der Waals surface area contributed by atoms with E-state index in [1.54, 1.807) is 4.68 Å². The molecular weight excluding hydrogens is 250 g/mol. The maximum Gasteiger partial charge on any atom is 0.246 e. The second-order valence-corrected chi connectivity index (χ2v) is 5.46. The number of nitrogens with zero attached hydrogens (tertiary/aromatic N) is 4. The Morgan fingerprint density at radius 1 is 1.10 bits per heavy atom. The summed E-state index contributed by atoms with van der Waals surface area (Å²) in [6.45, 7) is 4.83. The van der Waals surface area contributed by atoms with Gasteiger partial charge >= 0.3 is 0 Å². The van der Waals surface area contributed by atoms with Crippen LogP contribution in [0.25, 0.3) is 0 Å². The highest BCUT2D eigenvalue weighted by atomic mass is 15.4. The van der Waals surface area contributed by atoms with Gasteiger partial charge < -0.3 is 10.6 Å². The van der Waals surface area contributed by atoms with Crippen molar-refractivity contribution in [1.29, 1.82) is 0 Å². The predicted octanol–water partition coefficient (Wildman–Crippen LogP) is 2.21. The Labute approximate surface area is 119 Å². The molecule has 0 spiro atoms. The molecule has 5 heteroatoms. The fraction of sp³-hybridized carbons (Fsp3) is 0.467. The smallest absolute Gasteiger partial charge is 0.246 e. The van der Waals surface area contributed by atoms with Crippen LogP contribution in [0.2, 0.25) is 0 Å². The Bertz CT molecular complexity index is 566. The summed E-state index contributed by atoms with van der Waals surface area (Å²) in [6, 6.07) is 8.43. The first-order valence-electron chi connectivity index (χ1n) is 7.23. The zero-order valence-electron chi connectivity index (χ0n) is 11.9. The quantitative estimate of drug-likeness (QED) is 0.929. The molecule has 0 radical (unpaired) electrons. The number of aryl methyl sites for hydroxylation is 1. The van der Waals surface area contributed by atoms with Crippen molar-refractivity contribution in [2.45, 2.75) is 32.7 Å². The number of nitrogen functional groups attached to an aromatic ring is 1. The first kappa shape index (κ1) is 13.0.